The van der Waals surface area contributed by atoms with Crippen LogP contribution >= 0.6 is 11.8 Å². The summed E-state index contributed by atoms with van der Waals surface area (Å²) in [6, 6.07) is 8.60. The van der Waals surface area contributed by atoms with Crippen LogP contribution in [0.1, 0.15) is 25.5 Å². The molecular weight excluding hydrogens is 270 g/mol. The molecular formula is C14H21N5S. The van der Waals surface area contributed by atoms with E-state index in [0.717, 1.165) is 12.2 Å². The van der Waals surface area contributed by atoms with Crippen LogP contribution in [0.3, 0.4) is 0 Å². The molecule has 0 aliphatic rings. The van der Waals surface area contributed by atoms with Crippen molar-refractivity contribution in [3.05, 3.63) is 36.2 Å². The third-order valence-electron chi connectivity index (χ3n) is 3.21. The van der Waals surface area contributed by atoms with Crippen molar-refractivity contribution >= 4 is 11.8 Å². The van der Waals surface area contributed by atoms with Gasteiger partial charge in [0.15, 0.2) is 0 Å². The van der Waals surface area contributed by atoms with Gasteiger partial charge in [0, 0.05) is 6.04 Å². The SMILES string of the molecule is CSCC(C)CNC(C)c1cccc(-n2cnnn2)c1. The first-order valence-electron chi connectivity index (χ1n) is 6.76. The summed E-state index contributed by atoms with van der Waals surface area (Å²) in [6.07, 6.45) is 3.76. The summed E-state index contributed by atoms with van der Waals surface area (Å²) in [5, 5.41) is 14.8. The van der Waals surface area contributed by atoms with Crippen LogP contribution in [0.2, 0.25) is 0 Å². The summed E-state index contributed by atoms with van der Waals surface area (Å²) in [7, 11) is 0. The van der Waals surface area contributed by atoms with Crippen molar-refractivity contribution < 1.29 is 0 Å². The van der Waals surface area contributed by atoms with E-state index in [2.05, 4.69) is 53.1 Å². The van der Waals surface area contributed by atoms with E-state index in [9.17, 15) is 0 Å². The number of nitrogens with one attached hydrogen (secondary N) is 1. The Labute approximate surface area is 124 Å². The third-order valence-corrected chi connectivity index (χ3v) is 4.11. The van der Waals surface area contributed by atoms with Crippen LogP contribution in [-0.2, 0) is 0 Å². The quantitative estimate of drug-likeness (QED) is 0.848. The molecule has 5 nitrogen and oxygen atoms in total. The van der Waals surface area contributed by atoms with Crippen molar-refractivity contribution in [3.63, 3.8) is 0 Å². The zero-order chi connectivity index (χ0) is 14.4. The number of thioether (sulfide) groups is 1. The average molecular weight is 291 g/mol. The van der Waals surface area contributed by atoms with Gasteiger partial charge >= 0.3 is 0 Å². The van der Waals surface area contributed by atoms with Gasteiger partial charge in [0.25, 0.3) is 0 Å². The molecule has 1 N–H and O–H groups in total. The van der Waals surface area contributed by atoms with Gasteiger partial charge in [-0.3, -0.25) is 0 Å². The second kappa shape index (κ2) is 7.40. The normalized spacial score (nSPS) is 14.2. The second-order valence-corrected chi connectivity index (χ2v) is 5.95. The van der Waals surface area contributed by atoms with E-state index < -0.39 is 0 Å². The predicted octanol–water partition coefficient (Wildman–Crippen LogP) is 2.31. The third kappa shape index (κ3) is 4.05. The molecule has 0 amide bonds. The lowest BCUT2D eigenvalue weighted by molar-refractivity contribution is 0.501. The number of tetrazole rings is 1. The first-order chi connectivity index (χ1) is 9.70. The molecule has 0 saturated carbocycles. The maximum absolute atomic E-state index is 3.92. The molecule has 0 radical (unpaired) electrons. The molecule has 0 spiro atoms. The van der Waals surface area contributed by atoms with Crippen molar-refractivity contribution in [2.75, 3.05) is 18.6 Å². The Morgan fingerprint density at radius 1 is 1.35 bits per heavy atom. The van der Waals surface area contributed by atoms with Crippen molar-refractivity contribution in [2.24, 2.45) is 5.92 Å². The fourth-order valence-electron chi connectivity index (χ4n) is 2.06. The molecule has 0 aliphatic carbocycles. The van der Waals surface area contributed by atoms with Gasteiger partial charge in [-0.25, -0.2) is 4.68 Å². The molecule has 0 fully saturated rings. The second-order valence-electron chi connectivity index (χ2n) is 5.04. The van der Waals surface area contributed by atoms with Gasteiger partial charge in [-0.2, -0.15) is 11.8 Å². The zero-order valence-corrected chi connectivity index (χ0v) is 13.0. The number of nitrogens with zero attached hydrogens (tertiary/aromatic N) is 4. The fraction of sp³-hybridized carbons (Fsp3) is 0.500. The minimum Gasteiger partial charge on any atom is -0.310 e. The Morgan fingerprint density at radius 3 is 2.90 bits per heavy atom. The minimum atomic E-state index is 0.315. The summed E-state index contributed by atoms with van der Waals surface area (Å²) < 4.78 is 1.67. The Balaban J connectivity index is 2.00. The number of hydrogen-bond acceptors (Lipinski definition) is 5. The van der Waals surface area contributed by atoms with Gasteiger partial charge in [0.2, 0.25) is 0 Å². The molecule has 0 bridgehead atoms. The largest absolute Gasteiger partial charge is 0.310 e. The molecule has 6 heteroatoms. The highest BCUT2D eigenvalue weighted by molar-refractivity contribution is 7.98. The molecule has 1 aromatic carbocycles. The van der Waals surface area contributed by atoms with E-state index in [1.165, 1.54) is 11.3 Å². The Morgan fingerprint density at radius 2 is 2.20 bits per heavy atom. The summed E-state index contributed by atoms with van der Waals surface area (Å²) >= 11 is 1.89. The van der Waals surface area contributed by atoms with Gasteiger partial charge < -0.3 is 5.32 Å². The molecule has 2 rings (SSSR count). The molecule has 1 aromatic heterocycles. The van der Waals surface area contributed by atoms with Crippen LogP contribution in [-0.4, -0.2) is 38.8 Å². The van der Waals surface area contributed by atoms with Crippen LogP contribution in [0.25, 0.3) is 5.69 Å². The van der Waals surface area contributed by atoms with Gasteiger partial charge in [0.1, 0.15) is 6.33 Å². The number of rotatable bonds is 7. The summed E-state index contributed by atoms with van der Waals surface area (Å²) in [5.74, 6) is 1.86. The van der Waals surface area contributed by atoms with Crippen LogP contribution in [0.5, 0.6) is 0 Å². The standard InChI is InChI=1S/C14H21N5S/c1-11(9-20-3)8-15-12(2)13-5-4-6-14(7-13)19-10-16-17-18-19/h4-7,10-12,15H,8-9H2,1-3H3. The van der Waals surface area contributed by atoms with E-state index >= 15 is 0 Å². The lowest BCUT2D eigenvalue weighted by atomic mass is 10.1. The molecule has 20 heavy (non-hydrogen) atoms. The van der Waals surface area contributed by atoms with Gasteiger partial charge in [-0.05, 0) is 59.5 Å². The minimum absolute atomic E-state index is 0.315. The van der Waals surface area contributed by atoms with Crippen molar-refractivity contribution in [2.45, 2.75) is 19.9 Å². The van der Waals surface area contributed by atoms with Crippen LogP contribution in [0, 0.1) is 5.92 Å². The molecule has 108 valence electrons. The average Bonchev–Trinajstić information content (AvgIpc) is 2.99. The summed E-state index contributed by atoms with van der Waals surface area (Å²) in [5.41, 5.74) is 2.23. The Bertz CT molecular complexity index is 514. The van der Waals surface area contributed by atoms with E-state index in [-0.39, 0.29) is 0 Å². The van der Waals surface area contributed by atoms with E-state index in [0.29, 0.717) is 12.0 Å². The lowest BCUT2D eigenvalue weighted by Gasteiger charge is -2.18. The van der Waals surface area contributed by atoms with Crippen molar-refractivity contribution in [1.82, 2.24) is 25.5 Å². The highest BCUT2D eigenvalue weighted by Gasteiger charge is 2.08. The molecule has 2 unspecified atom stereocenters. The first-order valence-corrected chi connectivity index (χ1v) is 8.15. The van der Waals surface area contributed by atoms with Crippen LogP contribution in [0.15, 0.2) is 30.6 Å². The maximum Gasteiger partial charge on any atom is 0.143 e. The maximum atomic E-state index is 3.92. The molecule has 2 aromatic rings. The summed E-state index contributed by atoms with van der Waals surface area (Å²) in [6.45, 7) is 5.48. The lowest BCUT2D eigenvalue weighted by Crippen LogP contribution is -2.25. The predicted molar refractivity (Wildman–Crippen MR) is 83.1 cm³/mol. The molecule has 0 aliphatic heterocycles. The Kier molecular flexibility index (Phi) is 5.55. The van der Waals surface area contributed by atoms with Gasteiger partial charge in [-0.1, -0.05) is 19.1 Å². The van der Waals surface area contributed by atoms with Gasteiger partial charge in [-0.15, -0.1) is 5.10 Å². The zero-order valence-electron chi connectivity index (χ0n) is 12.2. The van der Waals surface area contributed by atoms with E-state index in [1.807, 2.05) is 23.9 Å². The van der Waals surface area contributed by atoms with Crippen molar-refractivity contribution in [1.29, 1.82) is 0 Å². The smallest absolute Gasteiger partial charge is 0.143 e. The van der Waals surface area contributed by atoms with Crippen molar-refractivity contribution in [3.8, 4) is 5.69 Å². The molecule has 0 saturated heterocycles. The van der Waals surface area contributed by atoms with Gasteiger partial charge in [0.05, 0.1) is 5.69 Å². The fourth-order valence-corrected chi connectivity index (χ4v) is 2.74. The van der Waals surface area contributed by atoms with Crippen LogP contribution < -0.4 is 5.32 Å². The number of hydrogen-bond donors (Lipinski definition) is 1. The highest BCUT2D eigenvalue weighted by Crippen LogP contribution is 2.16. The van der Waals surface area contributed by atoms with E-state index in [1.54, 1.807) is 11.0 Å². The molecule has 2 atom stereocenters. The highest BCUT2D eigenvalue weighted by atomic mass is 32.2. The number of aromatic nitrogens is 4. The topological polar surface area (TPSA) is 55.6 Å². The first kappa shape index (κ1) is 15.0. The summed E-state index contributed by atoms with van der Waals surface area (Å²) in [4.78, 5) is 0. The number of benzene rings is 1. The molecule has 1 heterocycles. The Hall–Kier alpha value is -1.40. The van der Waals surface area contributed by atoms with Crippen LogP contribution in [0.4, 0.5) is 0 Å². The van der Waals surface area contributed by atoms with E-state index in [4.69, 9.17) is 0 Å². The monoisotopic (exact) mass is 291 g/mol.